The van der Waals surface area contributed by atoms with Crippen molar-refractivity contribution in [2.24, 2.45) is 0 Å². The van der Waals surface area contributed by atoms with E-state index < -0.39 is 11.6 Å². The smallest absolute Gasteiger partial charge is 0.191 e. The summed E-state index contributed by atoms with van der Waals surface area (Å²) in [6.07, 6.45) is 1.51. The number of halogens is 2. The predicted octanol–water partition coefficient (Wildman–Crippen LogP) is 4.66. The number of hydrogen-bond acceptors (Lipinski definition) is 1. The average Bonchev–Trinajstić information content (AvgIpc) is 2.25. The normalized spacial score (nSPS) is 11.3. The lowest BCUT2D eigenvalue weighted by atomic mass is 9.94. The second kappa shape index (κ2) is 5.99. The Morgan fingerprint density at radius 1 is 1.06 bits per heavy atom. The lowest BCUT2D eigenvalue weighted by Gasteiger charge is -2.16. The van der Waals surface area contributed by atoms with E-state index in [9.17, 15) is 8.78 Å². The summed E-state index contributed by atoms with van der Waals surface area (Å²) in [7, 11) is 0. The highest BCUT2D eigenvalue weighted by atomic mass is 19.1. The Balaban J connectivity index is 3.08. The highest BCUT2D eigenvalue weighted by Gasteiger charge is 2.17. The van der Waals surface area contributed by atoms with E-state index in [2.05, 4.69) is 0 Å². The standard InChI is InChI=1S/C14H20F2O/c1-5-10(6-2)11-7-12(15)14(13(16)8-11)17-9(3)4/h7-10H,5-6H2,1-4H3. The highest BCUT2D eigenvalue weighted by Crippen LogP contribution is 2.30. The zero-order valence-corrected chi connectivity index (χ0v) is 10.9. The van der Waals surface area contributed by atoms with E-state index >= 15 is 0 Å². The van der Waals surface area contributed by atoms with Crippen LogP contribution in [0.25, 0.3) is 0 Å². The van der Waals surface area contributed by atoms with Gasteiger partial charge < -0.3 is 4.74 Å². The van der Waals surface area contributed by atoms with Gasteiger partial charge in [-0.3, -0.25) is 0 Å². The second-order valence-electron chi connectivity index (χ2n) is 4.49. The van der Waals surface area contributed by atoms with Gasteiger partial charge in [0.25, 0.3) is 0 Å². The van der Waals surface area contributed by atoms with Crippen molar-refractivity contribution in [2.45, 2.75) is 52.6 Å². The molecule has 0 heterocycles. The fraction of sp³-hybridized carbons (Fsp3) is 0.571. The fourth-order valence-corrected chi connectivity index (χ4v) is 1.92. The van der Waals surface area contributed by atoms with Crippen LogP contribution < -0.4 is 4.74 Å². The Morgan fingerprint density at radius 3 is 1.88 bits per heavy atom. The molecule has 96 valence electrons. The minimum absolute atomic E-state index is 0.201. The molecular formula is C14H20F2O. The molecular weight excluding hydrogens is 222 g/mol. The van der Waals surface area contributed by atoms with Crippen molar-refractivity contribution in [1.29, 1.82) is 0 Å². The van der Waals surface area contributed by atoms with E-state index in [1.165, 1.54) is 12.1 Å². The van der Waals surface area contributed by atoms with Crippen LogP contribution in [-0.2, 0) is 0 Å². The molecule has 0 aromatic heterocycles. The van der Waals surface area contributed by atoms with E-state index in [0.717, 1.165) is 12.8 Å². The van der Waals surface area contributed by atoms with Crippen LogP contribution >= 0.6 is 0 Å². The van der Waals surface area contributed by atoms with Gasteiger partial charge in [-0.15, -0.1) is 0 Å². The molecule has 0 unspecified atom stereocenters. The average molecular weight is 242 g/mol. The molecule has 0 saturated carbocycles. The van der Waals surface area contributed by atoms with Gasteiger partial charge in [0.15, 0.2) is 17.4 Å². The molecule has 0 aliphatic rings. The SMILES string of the molecule is CCC(CC)c1cc(F)c(OC(C)C)c(F)c1. The van der Waals surface area contributed by atoms with E-state index in [1.807, 2.05) is 13.8 Å². The van der Waals surface area contributed by atoms with E-state index in [1.54, 1.807) is 13.8 Å². The molecule has 1 aromatic carbocycles. The largest absolute Gasteiger partial charge is 0.485 e. The monoisotopic (exact) mass is 242 g/mol. The van der Waals surface area contributed by atoms with Gasteiger partial charge in [0, 0.05) is 0 Å². The molecule has 0 fully saturated rings. The molecule has 0 amide bonds. The Labute approximate surface area is 102 Å². The van der Waals surface area contributed by atoms with Gasteiger partial charge in [0.2, 0.25) is 0 Å². The topological polar surface area (TPSA) is 9.23 Å². The van der Waals surface area contributed by atoms with Gasteiger partial charge in [-0.25, -0.2) is 8.78 Å². The summed E-state index contributed by atoms with van der Waals surface area (Å²) >= 11 is 0. The third kappa shape index (κ3) is 3.42. The van der Waals surface area contributed by atoms with Crippen LogP contribution in [0, 0.1) is 11.6 Å². The molecule has 0 N–H and O–H groups in total. The number of rotatable bonds is 5. The molecule has 3 heteroatoms. The lowest BCUT2D eigenvalue weighted by Crippen LogP contribution is -2.09. The molecule has 0 saturated heterocycles. The van der Waals surface area contributed by atoms with Crippen LogP contribution in [0.15, 0.2) is 12.1 Å². The first kappa shape index (κ1) is 13.9. The lowest BCUT2D eigenvalue weighted by molar-refractivity contribution is 0.219. The van der Waals surface area contributed by atoms with E-state index in [-0.39, 0.29) is 17.8 Å². The quantitative estimate of drug-likeness (QED) is 0.730. The van der Waals surface area contributed by atoms with Crippen LogP contribution in [0.1, 0.15) is 52.0 Å². The van der Waals surface area contributed by atoms with Crippen LogP contribution in [0.5, 0.6) is 5.75 Å². The fourth-order valence-electron chi connectivity index (χ4n) is 1.92. The van der Waals surface area contributed by atoms with Crippen LogP contribution in [0.4, 0.5) is 8.78 Å². The Morgan fingerprint density at radius 2 is 1.53 bits per heavy atom. The van der Waals surface area contributed by atoms with Crippen molar-refractivity contribution in [3.63, 3.8) is 0 Å². The van der Waals surface area contributed by atoms with Gasteiger partial charge in [-0.2, -0.15) is 0 Å². The Bertz CT molecular complexity index is 347. The Kier molecular flexibility index (Phi) is 4.91. The summed E-state index contributed by atoms with van der Waals surface area (Å²) in [6.45, 7) is 7.52. The third-order valence-corrected chi connectivity index (χ3v) is 2.83. The summed E-state index contributed by atoms with van der Waals surface area (Å²) in [5.41, 5.74) is 0.709. The van der Waals surface area contributed by atoms with Gasteiger partial charge in [-0.05, 0) is 50.3 Å². The molecule has 0 aliphatic carbocycles. The first-order chi connectivity index (χ1) is 7.99. The molecule has 17 heavy (non-hydrogen) atoms. The minimum Gasteiger partial charge on any atom is -0.485 e. The molecule has 0 atom stereocenters. The summed E-state index contributed by atoms with van der Waals surface area (Å²) in [5.74, 6) is -1.29. The van der Waals surface area contributed by atoms with Crippen LogP contribution in [-0.4, -0.2) is 6.10 Å². The third-order valence-electron chi connectivity index (χ3n) is 2.83. The molecule has 0 aliphatic heterocycles. The molecule has 1 aromatic rings. The number of hydrogen-bond donors (Lipinski definition) is 0. The molecule has 1 nitrogen and oxygen atoms in total. The van der Waals surface area contributed by atoms with Crippen LogP contribution in [0.2, 0.25) is 0 Å². The number of ether oxygens (including phenoxy) is 1. The molecule has 0 bridgehead atoms. The first-order valence-corrected chi connectivity index (χ1v) is 6.15. The maximum Gasteiger partial charge on any atom is 0.191 e. The van der Waals surface area contributed by atoms with Crippen molar-refractivity contribution < 1.29 is 13.5 Å². The maximum atomic E-state index is 13.7. The predicted molar refractivity (Wildman–Crippen MR) is 65.4 cm³/mol. The molecule has 0 radical (unpaired) electrons. The summed E-state index contributed by atoms with van der Waals surface area (Å²) in [5, 5.41) is 0. The first-order valence-electron chi connectivity index (χ1n) is 6.15. The van der Waals surface area contributed by atoms with Crippen molar-refractivity contribution >= 4 is 0 Å². The van der Waals surface area contributed by atoms with E-state index in [4.69, 9.17) is 4.74 Å². The van der Waals surface area contributed by atoms with E-state index in [0.29, 0.717) is 5.56 Å². The zero-order valence-electron chi connectivity index (χ0n) is 10.9. The van der Waals surface area contributed by atoms with Crippen molar-refractivity contribution in [1.82, 2.24) is 0 Å². The highest BCUT2D eigenvalue weighted by molar-refractivity contribution is 5.33. The summed E-state index contributed by atoms with van der Waals surface area (Å²) < 4.78 is 32.6. The number of benzene rings is 1. The van der Waals surface area contributed by atoms with Gasteiger partial charge in [-0.1, -0.05) is 13.8 Å². The van der Waals surface area contributed by atoms with Gasteiger partial charge in [0.05, 0.1) is 6.10 Å². The summed E-state index contributed by atoms with van der Waals surface area (Å²) in [4.78, 5) is 0. The summed E-state index contributed by atoms with van der Waals surface area (Å²) in [6, 6.07) is 2.77. The van der Waals surface area contributed by atoms with Crippen molar-refractivity contribution in [2.75, 3.05) is 0 Å². The van der Waals surface area contributed by atoms with Gasteiger partial charge >= 0.3 is 0 Å². The van der Waals surface area contributed by atoms with Gasteiger partial charge in [0.1, 0.15) is 0 Å². The zero-order chi connectivity index (χ0) is 13.0. The van der Waals surface area contributed by atoms with Crippen molar-refractivity contribution in [3.05, 3.63) is 29.3 Å². The Hall–Kier alpha value is -1.12. The maximum absolute atomic E-state index is 13.7. The molecule has 1 rings (SSSR count). The second-order valence-corrected chi connectivity index (χ2v) is 4.49. The minimum atomic E-state index is -0.611. The van der Waals surface area contributed by atoms with Crippen molar-refractivity contribution in [3.8, 4) is 5.75 Å². The molecule has 0 spiro atoms. The van der Waals surface area contributed by atoms with Crippen LogP contribution in [0.3, 0.4) is 0 Å².